The Morgan fingerprint density at radius 1 is 1.24 bits per heavy atom. The third-order valence-electron chi connectivity index (χ3n) is 3.29. The van der Waals surface area contributed by atoms with Gasteiger partial charge in [-0.1, -0.05) is 23.4 Å². The van der Waals surface area contributed by atoms with E-state index in [0.717, 1.165) is 12.1 Å². The van der Waals surface area contributed by atoms with Gasteiger partial charge in [-0.25, -0.2) is 0 Å². The maximum Gasteiger partial charge on any atom is 0.416 e. The van der Waals surface area contributed by atoms with E-state index in [-0.39, 0.29) is 36.2 Å². The molecule has 25 heavy (non-hydrogen) atoms. The minimum atomic E-state index is -4.44. The number of rotatable bonds is 5. The number of carbonyl (C=O) groups excluding carboxylic acids is 1. The van der Waals surface area contributed by atoms with Gasteiger partial charge >= 0.3 is 6.18 Å². The van der Waals surface area contributed by atoms with Gasteiger partial charge < -0.3 is 9.84 Å². The number of aromatic nitrogens is 2. The highest BCUT2D eigenvalue weighted by atomic mass is 32.1. The molecule has 3 aromatic rings. The van der Waals surface area contributed by atoms with E-state index in [1.54, 1.807) is 17.5 Å². The van der Waals surface area contributed by atoms with Crippen molar-refractivity contribution in [2.24, 2.45) is 0 Å². The number of benzene rings is 1. The van der Waals surface area contributed by atoms with E-state index in [1.165, 1.54) is 23.5 Å². The highest BCUT2D eigenvalue weighted by Crippen LogP contribution is 2.31. The lowest BCUT2D eigenvalue weighted by atomic mass is 10.1. The molecule has 0 aliphatic carbocycles. The van der Waals surface area contributed by atoms with Gasteiger partial charge in [-0.05, 0) is 23.6 Å². The number of amides is 1. The summed E-state index contributed by atoms with van der Waals surface area (Å²) in [5, 5.41) is 8.20. The second-order valence-corrected chi connectivity index (χ2v) is 6.02. The van der Waals surface area contributed by atoms with Crippen LogP contribution in [-0.2, 0) is 12.6 Å². The normalized spacial score (nSPS) is 11.5. The quantitative estimate of drug-likeness (QED) is 0.745. The van der Waals surface area contributed by atoms with Crippen LogP contribution in [0.1, 0.15) is 21.1 Å². The zero-order valence-electron chi connectivity index (χ0n) is 12.7. The molecule has 9 heteroatoms. The Morgan fingerprint density at radius 3 is 2.80 bits per heavy atom. The first-order chi connectivity index (χ1) is 11.9. The Kier molecular flexibility index (Phi) is 4.84. The van der Waals surface area contributed by atoms with Gasteiger partial charge in [-0.3, -0.25) is 4.79 Å². The molecular formula is C16H12F3N3O2S. The van der Waals surface area contributed by atoms with Gasteiger partial charge in [0.25, 0.3) is 5.91 Å². The van der Waals surface area contributed by atoms with Crippen LogP contribution in [0.15, 0.2) is 46.3 Å². The highest BCUT2D eigenvalue weighted by molar-refractivity contribution is 7.12. The molecule has 0 saturated heterocycles. The van der Waals surface area contributed by atoms with Crippen LogP contribution in [0, 0.1) is 0 Å². The summed E-state index contributed by atoms with van der Waals surface area (Å²) in [6.07, 6.45) is -4.16. The first kappa shape index (κ1) is 17.2. The predicted molar refractivity (Wildman–Crippen MR) is 85.1 cm³/mol. The number of hydrogen-bond donors (Lipinski definition) is 1. The molecule has 0 spiro atoms. The van der Waals surface area contributed by atoms with Crippen LogP contribution in [0.4, 0.5) is 13.2 Å². The van der Waals surface area contributed by atoms with Crippen molar-refractivity contribution in [3.8, 4) is 11.4 Å². The van der Waals surface area contributed by atoms with E-state index >= 15 is 0 Å². The van der Waals surface area contributed by atoms with E-state index in [4.69, 9.17) is 4.52 Å². The Bertz CT molecular complexity index is 860. The number of nitrogens with one attached hydrogen (secondary N) is 1. The first-order valence-electron chi connectivity index (χ1n) is 7.25. The van der Waals surface area contributed by atoms with E-state index in [1.807, 2.05) is 0 Å². The second kappa shape index (κ2) is 7.06. The number of hydrogen-bond acceptors (Lipinski definition) is 5. The molecule has 0 saturated carbocycles. The molecule has 0 radical (unpaired) electrons. The summed E-state index contributed by atoms with van der Waals surface area (Å²) in [6.45, 7) is 0.279. The summed E-state index contributed by atoms with van der Waals surface area (Å²) in [4.78, 5) is 16.4. The van der Waals surface area contributed by atoms with Gasteiger partial charge in [-0.2, -0.15) is 18.2 Å². The van der Waals surface area contributed by atoms with Gasteiger partial charge in [0.15, 0.2) is 0 Å². The summed E-state index contributed by atoms with van der Waals surface area (Å²) in [5.41, 5.74) is -0.563. The standard InChI is InChI=1S/C16H12F3N3O2S/c17-16(18,19)11-4-1-3-10(9-11)14-21-13(24-22-14)6-7-20-15(23)12-5-2-8-25-12/h1-5,8-9H,6-7H2,(H,20,23). The van der Waals surface area contributed by atoms with Crippen LogP contribution < -0.4 is 5.32 Å². The number of thiophene rings is 1. The number of halogens is 3. The van der Waals surface area contributed by atoms with Crippen LogP contribution in [0.25, 0.3) is 11.4 Å². The van der Waals surface area contributed by atoms with E-state index < -0.39 is 11.7 Å². The minimum absolute atomic E-state index is 0.0747. The van der Waals surface area contributed by atoms with Crippen molar-refractivity contribution in [3.63, 3.8) is 0 Å². The third-order valence-corrected chi connectivity index (χ3v) is 4.15. The van der Waals surface area contributed by atoms with Crippen molar-refractivity contribution in [1.82, 2.24) is 15.5 Å². The highest BCUT2D eigenvalue weighted by Gasteiger charge is 2.30. The molecule has 1 N–H and O–H groups in total. The largest absolute Gasteiger partial charge is 0.416 e. The third kappa shape index (κ3) is 4.24. The lowest BCUT2D eigenvalue weighted by Crippen LogP contribution is -2.24. The molecule has 0 bridgehead atoms. The fourth-order valence-electron chi connectivity index (χ4n) is 2.09. The van der Waals surface area contributed by atoms with Gasteiger partial charge in [0.2, 0.25) is 11.7 Å². The zero-order valence-corrected chi connectivity index (χ0v) is 13.5. The zero-order chi connectivity index (χ0) is 17.9. The van der Waals surface area contributed by atoms with Crippen molar-refractivity contribution >= 4 is 17.2 Å². The summed E-state index contributed by atoms with van der Waals surface area (Å²) in [6, 6.07) is 8.19. The van der Waals surface area contributed by atoms with Crippen molar-refractivity contribution in [1.29, 1.82) is 0 Å². The molecule has 2 aromatic heterocycles. The van der Waals surface area contributed by atoms with Gasteiger partial charge in [-0.15, -0.1) is 11.3 Å². The molecule has 2 heterocycles. The first-order valence-corrected chi connectivity index (χ1v) is 8.13. The Morgan fingerprint density at radius 2 is 2.08 bits per heavy atom. The molecule has 0 fully saturated rings. The number of alkyl halides is 3. The molecule has 130 valence electrons. The second-order valence-electron chi connectivity index (χ2n) is 5.07. The SMILES string of the molecule is O=C(NCCc1nc(-c2cccc(C(F)(F)F)c2)no1)c1cccs1. The van der Waals surface area contributed by atoms with Crippen LogP contribution in [0.3, 0.4) is 0 Å². The molecule has 0 atom stereocenters. The maximum atomic E-state index is 12.7. The molecule has 5 nitrogen and oxygen atoms in total. The van der Waals surface area contributed by atoms with Gasteiger partial charge in [0.05, 0.1) is 10.4 Å². The summed E-state index contributed by atoms with van der Waals surface area (Å²) < 4.78 is 43.3. The predicted octanol–water partition coefficient (Wildman–Crippen LogP) is 3.79. The molecule has 0 unspecified atom stereocenters. The summed E-state index contributed by atoms with van der Waals surface area (Å²) in [5.74, 6) is 0.109. The number of nitrogens with zero attached hydrogens (tertiary/aromatic N) is 2. The Labute approximate surface area is 144 Å². The average Bonchev–Trinajstić information content (AvgIpc) is 3.26. The molecule has 0 aliphatic heterocycles. The summed E-state index contributed by atoms with van der Waals surface area (Å²) in [7, 11) is 0. The van der Waals surface area contributed by atoms with Crippen LogP contribution in [0.5, 0.6) is 0 Å². The number of carbonyl (C=O) groups is 1. The smallest absolute Gasteiger partial charge is 0.351 e. The Balaban J connectivity index is 1.62. The van der Waals surface area contributed by atoms with Crippen molar-refractivity contribution in [2.45, 2.75) is 12.6 Å². The fraction of sp³-hybridized carbons (Fsp3) is 0.188. The summed E-state index contributed by atoms with van der Waals surface area (Å²) >= 11 is 1.33. The topological polar surface area (TPSA) is 68.0 Å². The fourth-order valence-corrected chi connectivity index (χ4v) is 2.73. The van der Waals surface area contributed by atoms with Crippen molar-refractivity contribution in [2.75, 3.05) is 6.54 Å². The van der Waals surface area contributed by atoms with Crippen LogP contribution >= 0.6 is 11.3 Å². The lowest BCUT2D eigenvalue weighted by Gasteiger charge is -2.06. The molecular weight excluding hydrogens is 355 g/mol. The molecule has 0 aliphatic rings. The van der Waals surface area contributed by atoms with Gasteiger partial charge in [0.1, 0.15) is 0 Å². The van der Waals surface area contributed by atoms with E-state index in [9.17, 15) is 18.0 Å². The maximum absolute atomic E-state index is 12.7. The minimum Gasteiger partial charge on any atom is -0.351 e. The Hall–Kier alpha value is -2.68. The lowest BCUT2D eigenvalue weighted by molar-refractivity contribution is -0.137. The monoisotopic (exact) mass is 367 g/mol. The van der Waals surface area contributed by atoms with Gasteiger partial charge in [0, 0.05) is 18.5 Å². The van der Waals surface area contributed by atoms with E-state index in [2.05, 4.69) is 15.5 Å². The molecule has 1 amide bonds. The molecule has 1 aromatic carbocycles. The van der Waals surface area contributed by atoms with Crippen molar-refractivity contribution < 1.29 is 22.5 Å². The van der Waals surface area contributed by atoms with Crippen molar-refractivity contribution in [3.05, 3.63) is 58.1 Å². The van der Waals surface area contributed by atoms with Crippen LogP contribution in [-0.4, -0.2) is 22.6 Å². The molecule has 3 rings (SSSR count). The van der Waals surface area contributed by atoms with Crippen LogP contribution in [0.2, 0.25) is 0 Å². The van der Waals surface area contributed by atoms with E-state index in [0.29, 0.717) is 4.88 Å². The average molecular weight is 367 g/mol.